The summed E-state index contributed by atoms with van der Waals surface area (Å²) < 4.78 is 0. The Morgan fingerprint density at radius 3 is 2.92 bits per heavy atom. The molecular formula is C10H14N2O. The molecule has 0 fully saturated rings. The molecule has 1 aromatic rings. The first-order chi connectivity index (χ1) is 6.20. The highest BCUT2D eigenvalue weighted by molar-refractivity contribution is 5.80. The van der Waals surface area contributed by atoms with E-state index in [9.17, 15) is 4.79 Å². The largest absolute Gasteiger partial charge is 0.302 e. The molecule has 0 bridgehead atoms. The highest BCUT2D eigenvalue weighted by Gasteiger charge is 2.05. The molecule has 0 aromatic carbocycles. The first-order valence-electron chi connectivity index (χ1n) is 4.34. The molecule has 1 N–H and O–H groups in total. The van der Waals surface area contributed by atoms with Crippen LogP contribution in [0, 0.1) is 0 Å². The van der Waals surface area contributed by atoms with Crippen molar-refractivity contribution in [1.82, 2.24) is 10.3 Å². The lowest BCUT2D eigenvalue weighted by Crippen LogP contribution is -2.31. The summed E-state index contributed by atoms with van der Waals surface area (Å²) in [5.41, 5.74) is 0.954. The van der Waals surface area contributed by atoms with Crippen molar-refractivity contribution in [3.8, 4) is 0 Å². The molecule has 13 heavy (non-hydrogen) atoms. The molecule has 1 rings (SSSR count). The van der Waals surface area contributed by atoms with E-state index in [1.54, 1.807) is 13.1 Å². The van der Waals surface area contributed by atoms with Crippen molar-refractivity contribution in [2.45, 2.75) is 26.4 Å². The molecule has 3 nitrogen and oxygen atoms in total. The summed E-state index contributed by atoms with van der Waals surface area (Å²) in [6.07, 6.45) is 1.75. The predicted molar refractivity (Wildman–Crippen MR) is 51.2 cm³/mol. The monoisotopic (exact) mass is 178 g/mol. The van der Waals surface area contributed by atoms with Crippen molar-refractivity contribution in [3.05, 3.63) is 30.1 Å². The molecule has 0 amide bonds. The van der Waals surface area contributed by atoms with Gasteiger partial charge in [0.1, 0.15) is 5.78 Å². The molecule has 0 spiro atoms. The number of hydrogen-bond donors (Lipinski definition) is 1. The molecule has 1 atom stereocenters. The maximum absolute atomic E-state index is 10.9. The van der Waals surface area contributed by atoms with Gasteiger partial charge in [-0.25, -0.2) is 0 Å². The van der Waals surface area contributed by atoms with Gasteiger partial charge in [0.2, 0.25) is 0 Å². The summed E-state index contributed by atoms with van der Waals surface area (Å²) in [6.45, 7) is 4.07. The van der Waals surface area contributed by atoms with Crippen LogP contribution >= 0.6 is 0 Å². The summed E-state index contributed by atoms with van der Waals surface area (Å²) in [4.78, 5) is 15.0. The molecular weight excluding hydrogens is 164 g/mol. The Balaban J connectivity index is 2.39. The number of carbonyl (C=O) groups is 1. The SMILES string of the molecule is CC(=O)C(C)NCc1ccccn1. The molecule has 0 radical (unpaired) electrons. The van der Waals surface area contributed by atoms with Crippen molar-refractivity contribution in [1.29, 1.82) is 0 Å². The fourth-order valence-corrected chi connectivity index (χ4v) is 0.904. The number of aromatic nitrogens is 1. The molecule has 0 saturated heterocycles. The quantitative estimate of drug-likeness (QED) is 0.752. The molecule has 0 saturated carbocycles. The normalized spacial score (nSPS) is 12.5. The van der Waals surface area contributed by atoms with Crippen LogP contribution in [0.25, 0.3) is 0 Å². The van der Waals surface area contributed by atoms with Crippen LogP contribution < -0.4 is 5.32 Å². The van der Waals surface area contributed by atoms with E-state index in [2.05, 4.69) is 10.3 Å². The minimum atomic E-state index is -0.0954. The number of Topliss-reactive ketones (excluding diaryl/α,β-unsaturated/α-hetero) is 1. The third-order valence-electron chi connectivity index (χ3n) is 1.93. The Kier molecular flexibility index (Phi) is 3.58. The van der Waals surface area contributed by atoms with E-state index in [0.717, 1.165) is 5.69 Å². The van der Waals surface area contributed by atoms with Crippen LogP contribution in [0.2, 0.25) is 0 Å². The van der Waals surface area contributed by atoms with Crippen molar-refractivity contribution < 1.29 is 4.79 Å². The maximum Gasteiger partial charge on any atom is 0.146 e. The van der Waals surface area contributed by atoms with Gasteiger partial charge in [-0.15, -0.1) is 0 Å². The Labute approximate surface area is 78.2 Å². The van der Waals surface area contributed by atoms with Crippen LogP contribution in [0.3, 0.4) is 0 Å². The van der Waals surface area contributed by atoms with E-state index in [0.29, 0.717) is 6.54 Å². The Bertz CT molecular complexity index is 272. The van der Waals surface area contributed by atoms with Crippen molar-refractivity contribution >= 4 is 5.78 Å². The minimum absolute atomic E-state index is 0.0954. The number of rotatable bonds is 4. The number of nitrogens with one attached hydrogen (secondary N) is 1. The number of nitrogens with zero attached hydrogens (tertiary/aromatic N) is 1. The van der Waals surface area contributed by atoms with E-state index in [-0.39, 0.29) is 11.8 Å². The second-order valence-electron chi connectivity index (χ2n) is 3.03. The van der Waals surface area contributed by atoms with Gasteiger partial charge in [0, 0.05) is 12.7 Å². The molecule has 0 aliphatic carbocycles. The second kappa shape index (κ2) is 4.72. The summed E-state index contributed by atoms with van der Waals surface area (Å²) in [5.74, 6) is 0.149. The first-order valence-corrected chi connectivity index (χ1v) is 4.34. The van der Waals surface area contributed by atoms with Crippen LogP contribution in [0.5, 0.6) is 0 Å². The molecule has 1 unspecified atom stereocenters. The fraction of sp³-hybridized carbons (Fsp3) is 0.400. The number of pyridine rings is 1. The zero-order valence-electron chi connectivity index (χ0n) is 7.95. The van der Waals surface area contributed by atoms with Crippen LogP contribution in [0.4, 0.5) is 0 Å². The van der Waals surface area contributed by atoms with E-state index in [1.807, 2.05) is 25.1 Å². The van der Waals surface area contributed by atoms with Gasteiger partial charge in [-0.05, 0) is 26.0 Å². The predicted octanol–water partition coefficient (Wildman–Crippen LogP) is 1.15. The number of ketones is 1. The van der Waals surface area contributed by atoms with E-state index in [4.69, 9.17) is 0 Å². The van der Waals surface area contributed by atoms with Gasteiger partial charge in [-0.3, -0.25) is 9.78 Å². The van der Waals surface area contributed by atoms with Crippen LogP contribution in [0.15, 0.2) is 24.4 Å². The average molecular weight is 178 g/mol. The molecule has 1 heterocycles. The molecule has 70 valence electrons. The average Bonchev–Trinajstić information content (AvgIpc) is 2.15. The van der Waals surface area contributed by atoms with Crippen LogP contribution in [-0.2, 0) is 11.3 Å². The van der Waals surface area contributed by atoms with Gasteiger partial charge in [-0.2, -0.15) is 0 Å². The molecule has 3 heteroatoms. The summed E-state index contributed by atoms with van der Waals surface area (Å²) in [6, 6.07) is 5.64. The van der Waals surface area contributed by atoms with Gasteiger partial charge in [-0.1, -0.05) is 6.07 Å². The smallest absolute Gasteiger partial charge is 0.146 e. The first kappa shape index (κ1) is 9.86. The van der Waals surface area contributed by atoms with Crippen molar-refractivity contribution in [2.75, 3.05) is 0 Å². The van der Waals surface area contributed by atoms with E-state index in [1.165, 1.54) is 0 Å². The third-order valence-corrected chi connectivity index (χ3v) is 1.93. The van der Waals surface area contributed by atoms with Crippen molar-refractivity contribution in [2.24, 2.45) is 0 Å². The van der Waals surface area contributed by atoms with Gasteiger partial charge >= 0.3 is 0 Å². The summed E-state index contributed by atoms with van der Waals surface area (Å²) in [5, 5.41) is 3.09. The zero-order chi connectivity index (χ0) is 9.68. The van der Waals surface area contributed by atoms with E-state index < -0.39 is 0 Å². The van der Waals surface area contributed by atoms with Crippen molar-refractivity contribution in [3.63, 3.8) is 0 Å². The van der Waals surface area contributed by atoms with Gasteiger partial charge < -0.3 is 5.32 Å². The molecule has 1 aromatic heterocycles. The maximum atomic E-state index is 10.9. The lowest BCUT2D eigenvalue weighted by molar-refractivity contribution is -0.118. The summed E-state index contributed by atoms with van der Waals surface area (Å²) in [7, 11) is 0. The Morgan fingerprint density at radius 2 is 2.38 bits per heavy atom. The third kappa shape index (κ3) is 3.34. The second-order valence-corrected chi connectivity index (χ2v) is 3.03. The Hall–Kier alpha value is -1.22. The van der Waals surface area contributed by atoms with Gasteiger partial charge in [0.05, 0.1) is 11.7 Å². The molecule has 0 aliphatic heterocycles. The van der Waals surface area contributed by atoms with Gasteiger partial charge in [0.25, 0.3) is 0 Å². The van der Waals surface area contributed by atoms with Crippen LogP contribution in [-0.4, -0.2) is 16.8 Å². The topological polar surface area (TPSA) is 42.0 Å². The Morgan fingerprint density at radius 1 is 1.62 bits per heavy atom. The zero-order valence-corrected chi connectivity index (χ0v) is 7.95. The number of hydrogen-bond acceptors (Lipinski definition) is 3. The standard InChI is InChI=1S/C10H14N2O/c1-8(9(2)13)12-7-10-5-3-4-6-11-10/h3-6,8,12H,7H2,1-2H3. The molecule has 0 aliphatic rings. The van der Waals surface area contributed by atoms with Gasteiger partial charge in [0.15, 0.2) is 0 Å². The highest BCUT2D eigenvalue weighted by Crippen LogP contribution is 1.93. The number of carbonyl (C=O) groups excluding carboxylic acids is 1. The summed E-state index contributed by atoms with van der Waals surface area (Å²) >= 11 is 0. The van der Waals surface area contributed by atoms with Crippen LogP contribution in [0.1, 0.15) is 19.5 Å². The van der Waals surface area contributed by atoms with E-state index >= 15 is 0 Å². The lowest BCUT2D eigenvalue weighted by Gasteiger charge is -2.08. The highest BCUT2D eigenvalue weighted by atomic mass is 16.1. The lowest BCUT2D eigenvalue weighted by atomic mass is 10.2. The minimum Gasteiger partial charge on any atom is -0.302 e. The fourth-order valence-electron chi connectivity index (χ4n) is 0.904.